The van der Waals surface area contributed by atoms with Gasteiger partial charge in [0, 0.05) is 44.7 Å². The van der Waals surface area contributed by atoms with Gasteiger partial charge in [0.1, 0.15) is 5.76 Å². The van der Waals surface area contributed by atoms with Crippen LogP contribution in [0.3, 0.4) is 0 Å². The summed E-state index contributed by atoms with van der Waals surface area (Å²) in [6, 6.07) is 9.13. The van der Waals surface area contributed by atoms with Gasteiger partial charge in [-0.1, -0.05) is 29.4 Å². The predicted octanol–water partition coefficient (Wildman–Crippen LogP) is 3.54. The fourth-order valence-corrected chi connectivity index (χ4v) is 4.77. The lowest BCUT2D eigenvalue weighted by Crippen LogP contribution is -2.39. The van der Waals surface area contributed by atoms with Crippen LogP contribution in [0.15, 0.2) is 28.8 Å². The largest absolute Gasteiger partial charge is 0.379 e. The molecule has 0 atom stereocenters. The molecule has 6 nitrogen and oxygen atoms in total. The van der Waals surface area contributed by atoms with Gasteiger partial charge in [0.25, 0.3) is 0 Å². The highest BCUT2D eigenvalue weighted by Crippen LogP contribution is 2.23. The molecule has 2 aliphatic rings. The van der Waals surface area contributed by atoms with E-state index in [-0.39, 0.29) is 5.91 Å². The number of hydrogen-bond donors (Lipinski definition) is 0. The Morgan fingerprint density at radius 2 is 1.71 bits per heavy atom. The van der Waals surface area contributed by atoms with Gasteiger partial charge in [0.15, 0.2) is 0 Å². The first-order chi connectivity index (χ1) is 15.1. The summed E-state index contributed by atoms with van der Waals surface area (Å²) in [4.78, 5) is 17.1. The molecule has 4 rings (SSSR count). The molecule has 2 saturated heterocycles. The smallest absolute Gasteiger partial charge is 0.222 e. The van der Waals surface area contributed by atoms with Gasteiger partial charge in [0.05, 0.1) is 18.9 Å². The molecule has 1 amide bonds. The third-order valence-electron chi connectivity index (χ3n) is 6.79. The Morgan fingerprint density at radius 3 is 2.35 bits per heavy atom. The fourth-order valence-electron chi connectivity index (χ4n) is 4.77. The highest BCUT2D eigenvalue weighted by Gasteiger charge is 2.23. The Bertz CT molecular complexity index is 828. The van der Waals surface area contributed by atoms with E-state index in [9.17, 15) is 4.79 Å². The summed E-state index contributed by atoms with van der Waals surface area (Å²) < 4.78 is 10.6. The normalized spacial score (nSPS) is 18.5. The number of ether oxygens (including phenoxy) is 1. The Morgan fingerprint density at radius 1 is 1.03 bits per heavy atom. The average Bonchev–Trinajstić information content (AvgIpc) is 3.12. The van der Waals surface area contributed by atoms with Crippen LogP contribution in [-0.4, -0.2) is 60.3 Å². The second kappa shape index (κ2) is 10.4. The van der Waals surface area contributed by atoms with Crippen molar-refractivity contribution in [3.8, 4) is 0 Å². The quantitative estimate of drug-likeness (QED) is 0.679. The second-order valence-electron chi connectivity index (χ2n) is 9.04. The molecule has 3 heterocycles. The molecule has 0 radical (unpaired) electrons. The molecular weight excluding hydrogens is 390 g/mol. The molecule has 2 fully saturated rings. The number of aryl methyl sites for hydroxylation is 2. The van der Waals surface area contributed by atoms with Crippen molar-refractivity contribution in [1.29, 1.82) is 0 Å². The van der Waals surface area contributed by atoms with Crippen molar-refractivity contribution in [2.45, 2.75) is 52.5 Å². The summed E-state index contributed by atoms with van der Waals surface area (Å²) in [7, 11) is 0. The van der Waals surface area contributed by atoms with Crippen molar-refractivity contribution in [3.63, 3.8) is 0 Å². The minimum absolute atomic E-state index is 0.255. The molecule has 0 bridgehead atoms. The summed E-state index contributed by atoms with van der Waals surface area (Å²) in [6.45, 7) is 10.4. The highest BCUT2D eigenvalue weighted by molar-refractivity contribution is 5.76. The Hall–Kier alpha value is -2.18. The predicted molar refractivity (Wildman–Crippen MR) is 120 cm³/mol. The van der Waals surface area contributed by atoms with E-state index in [1.807, 2.05) is 18.7 Å². The standard InChI is InChI=1S/C25H35N3O3/c1-19-24(20(2)31-26-19)7-8-25(29)28-11-9-22(10-12-28)17-21-3-5-23(6-4-21)18-27-13-15-30-16-14-27/h3-6,22H,7-18H2,1-2H3. The van der Waals surface area contributed by atoms with E-state index in [0.717, 1.165) is 88.6 Å². The van der Waals surface area contributed by atoms with Crippen molar-refractivity contribution < 1.29 is 14.1 Å². The van der Waals surface area contributed by atoms with Gasteiger partial charge in [-0.2, -0.15) is 0 Å². The molecule has 2 aliphatic heterocycles. The summed E-state index contributed by atoms with van der Waals surface area (Å²) in [5.74, 6) is 1.75. The molecule has 2 aromatic rings. The third kappa shape index (κ3) is 5.95. The minimum atomic E-state index is 0.255. The lowest BCUT2D eigenvalue weighted by atomic mass is 9.89. The summed E-state index contributed by atoms with van der Waals surface area (Å²) in [6.07, 6.45) is 4.55. The van der Waals surface area contributed by atoms with Gasteiger partial charge in [0.2, 0.25) is 5.91 Å². The Kier molecular flexibility index (Phi) is 7.41. The van der Waals surface area contributed by atoms with Crippen molar-refractivity contribution in [1.82, 2.24) is 15.0 Å². The zero-order valence-corrected chi connectivity index (χ0v) is 18.9. The van der Waals surface area contributed by atoms with Crippen LogP contribution in [0.1, 0.15) is 47.4 Å². The number of benzene rings is 1. The van der Waals surface area contributed by atoms with Crippen LogP contribution in [0, 0.1) is 19.8 Å². The lowest BCUT2D eigenvalue weighted by Gasteiger charge is -2.32. The molecular formula is C25H35N3O3. The number of aromatic nitrogens is 1. The van der Waals surface area contributed by atoms with Gasteiger partial charge in [-0.05, 0) is 56.6 Å². The van der Waals surface area contributed by atoms with Gasteiger partial charge in [-0.3, -0.25) is 9.69 Å². The van der Waals surface area contributed by atoms with E-state index in [1.54, 1.807) is 0 Å². The molecule has 1 aromatic heterocycles. The van der Waals surface area contributed by atoms with Gasteiger partial charge in [-0.15, -0.1) is 0 Å². The van der Waals surface area contributed by atoms with E-state index < -0.39 is 0 Å². The fraction of sp³-hybridized carbons (Fsp3) is 0.600. The molecule has 0 N–H and O–H groups in total. The van der Waals surface area contributed by atoms with Crippen LogP contribution in [0.5, 0.6) is 0 Å². The number of nitrogens with zero attached hydrogens (tertiary/aromatic N) is 3. The monoisotopic (exact) mass is 425 g/mol. The van der Waals surface area contributed by atoms with E-state index in [1.165, 1.54) is 11.1 Å². The van der Waals surface area contributed by atoms with Gasteiger partial charge >= 0.3 is 0 Å². The second-order valence-corrected chi connectivity index (χ2v) is 9.04. The van der Waals surface area contributed by atoms with Gasteiger partial charge < -0.3 is 14.2 Å². The van der Waals surface area contributed by atoms with Crippen LogP contribution in [-0.2, 0) is 28.9 Å². The number of morpholine rings is 1. The SMILES string of the molecule is Cc1noc(C)c1CCC(=O)N1CCC(Cc2ccc(CN3CCOCC3)cc2)CC1. The van der Waals surface area contributed by atoms with Crippen molar-refractivity contribution in [2.24, 2.45) is 5.92 Å². The molecule has 0 unspecified atom stereocenters. The van der Waals surface area contributed by atoms with Crippen molar-refractivity contribution in [3.05, 3.63) is 52.4 Å². The number of hydrogen-bond acceptors (Lipinski definition) is 5. The van der Waals surface area contributed by atoms with E-state index in [0.29, 0.717) is 12.3 Å². The van der Waals surface area contributed by atoms with E-state index >= 15 is 0 Å². The molecule has 0 saturated carbocycles. The maximum atomic E-state index is 12.6. The van der Waals surface area contributed by atoms with Gasteiger partial charge in [-0.25, -0.2) is 0 Å². The number of piperidine rings is 1. The van der Waals surface area contributed by atoms with Crippen LogP contribution < -0.4 is 0 Å². The van der Waals surface area contributed by atoms with Crippen LogP contribution in [0.2, 0.25) is 0 Å². The zero-order chi connectivity index (χ0) is 21.6. The number of likely N-dealkylation sites (tertiary alicyclic amines) is 1. The average molecular weight is 426 g/mol. The lowest BCUT2D eigenvalue weighted by molar-refractivity contribution is -0.132. The summed E-state index contributed by atoms with van der Waals surface area (Å²) in [5, 5.41) is 3.98. The van der Waals surface area contributed by atoms with Crippen LogP contribution in [0.4, 0.5) is 0 Å². The first-order valence-electron chi connectivity index (χ1n) is 11.7. The summed E-state index contributed by atoms with van der Waals surface area (Å²) >= 11 is 0. The first-order valence-corrected chi connectivity index (χ1v) is 11.7. The number of amides is 1. The Balaban J connectivity index is 1.19. The number of carbonyl (C=O) groups is 1. The minimum Gasteiger partial charge on any atom is -0.379 e. The van der Waals surface area contributed by atoms with E-state index in [4.69, 9.17) is 9.26 Å². The maximum absolute atomic E-state index is 12.6. The van der Waals surface area contributed by atoms with E-state index in [2.05, 4.69) is 34.3 Å². The molecule has 0 spiro atoms. The molecule has 31 heavy (non-hydrogen) atoms. The molecule has 1 aromatic carbocycles. The topological polar surface area (TPSA) is 58.8 Å². The number of rotatable bonds is 7. The highest BCUT2D eigenvalue weighted by atomic mass is 16.5. The Labute approximate surface area is 185 Å². The molecule has 168 valence electrons. The molecule has 6 heteroatoms. The summed E-state index contributed by atoms with van der Waals surface area (Å²) in [5.41, 5.74) is 4.78. The number of carbonyl (C=O) groups excluding carboxylic acids is 1. The van der Waals surface area contributed by atoms with Crippen molar-refractivity contribution >= 4 is 5.91 Å². The molecule has 0 aliphatic carbocycles. The maximum Gasteiger partial charge on any atom is 0.222 e. The van der Waals surface area contributed by atoms with Crippen molar-refractivity contribution in [2.75, 3.05) is 39.4 Å². The van der Waals surface area contributed by atoms with Crippen LogP contribution in [0.25, 0.3) is 0 Å². The zero-order valence-electron chi connectivity index (χ0n) is 18.9. The third-order valence-corrected chi connectivity index (χ3v) is 6.79. The van der Waals surface area contributed by atoms with Crippen LogP contribution >= 0.6 is 0 Å². The first kappa shape index (κ1) is 22.0.